The van der Waals surface area contributed by atoms with Gasteiger partial charge in [0.15, 0.2) is 0 Å². The van der Waals surface area contributed by atoms with Gasteiger partial charge in [-0.1, -0.05) is 6.42 Å². The number of nitrogens with zero attached hydrogens (tertiary/aromatic N) is 3. The minimum Gasteiger partial charge on any atom is -0.314 e. The third-order valence-electron chi connectivity index (χ3n) is 4.71. The Morgan fingerprint density at radius 1 is 1.37 bits per heavy atom. The first-order valence-corrected chi connectivity index (χ1v) is 7.70. The van der Waals surface area contributed by atoms with E-state index in [-0.39, 0.29) is 0 Å². The van der Waals surface area contributed by atoms with E-state index >= 15 is 0 Å². The number of fused-ring (bicyclic) bond motifs is 1. The Morgan fingerprint density at radius 2 is 2.16 bits per heavy atom. The third-order valence-corrected chi connectivity index (χ3v) is 4.71. The Bertz CT molecular complexity index is 334. The van der Waals surface area contributed by atoms with Gasteiger partial charge in [0.25, 0.3) is 0 Å². The van der Waals surface area contributed by atoms with Gasteiger partial charge in [0.2, 0.25) is 0 Å². The number of piperidine rings is 1. The van der Waals surface area contributed by atoms with Crippen LogP contribution >= 0.6 is 0 Å². The van der Waals surface area contributed by atoms with Crippen molar-refractivity contribution in [3.05, 3.63) is 0 Å². The molecule has 0 aromatic rings. The van der Waals surface area contributed by atoms with Crippen molar-refractivity contribution in [1.29, 1.82) is 5.26 Å². The van der Waals surface area contributed by atoms with Gasteiger partial charge < -0.3 is 5.73 Å². The van der Waals surface area contributed by atoms with Crippen molar-refractivity contribution in [2.24, 2.45) is 5.73 Å². The molecule has 0 radical (unpaired) electrons. The first kappa shape index (κ1) is 14.8. The molecule has 2 saturated heterocycles. The van der Waals surface area contributed by atoms with Crippen LogP contribution in [0.3, 0.4) is 0 Å². The van der Waals surface area contributed by atoms with Crippen molar-refractivity contribution >= 4 is 0 Å². The summed E-state index contributed by atoms with van der Waals surface area (Å²) >= 11 is 0. The molecule has 0 bridgehead atoms. The molecule has 0 amide bonds. The zero-order valence-corrected chi connectivity index (χ0v) is 12.4. The molecule has 0 spiro atoms. The fraction of sp³-hybridized carbons (Fsp3) is 0.933. The van der Waals surface area contributed by atoms with Crippen LogP contribution in [0.15, 0.2) is 0 Å². The molecule has 0 saturated carbocycles. The first-order chi connectivity index (χ1) is 9.02. The molecule has 3 unspecified atom stereocenters. The lowest BCUT2D eigenvalue weighted by atomic mass is 9.95. The van der Waals surface area contributed by atoms with Crippen molar-refractivity contribution in [3.8, 4) is 6.07 Å². The molecule has 3 atom stereocenters. The van der Waals surface area contributed by atoms with Crippen LogP contribution in [0.1, 0.15) is 46.0 Å². The summed E-state index contributed by atoms with van der Waals surface area (Å²) in [5.74, 6) is 0. The monoisotopic (exact) mass is 264 g/mol. The molecule has 4 heteroatoms. The highest BCUT2D eigenvalue weighted by atomic mass is 15.3. The van der Waals surface area contributed by atoms with Gasteiger partial charge in [0.05, 0.1) is 6.07 Å². The molecular weight excluding hydrogens is 236 g/mol. The lowest BCUT2D eigenvalue weighted by Gasteiger charge is -2.47. The SMILES string of the molecule is CC1CN2CCCCC2CN1CCCC(C)(N)C#N. The van der Waals surface area contributed by atoms with Crippen LogP contribution in [0.2, 0.25) is 0 Å². The smallest absolute Gasteiger partial charge is 0.101 e. The van der Waals surface area contributed by atoms with Crippen molar-refractivity contribution in [3.63, 3.8) is 0 Å². The molecule has 19 heavy (non-hydrogen) atoms. The van der Waals surface area contributed by atoms with Crippen LogP contribution in [0, 0.1) is 11.3 Å². The van der Waals surface area contributed by atoms with E-state index in [1.807, 2.05) is 6.92 Å². The second-order valence-corrected chi connectivity index (χ2v) is 6.62. The lowest BCUT2D eigenvalue weighted by molar-refractivity contribution is 0.0143. The molecule has 2 fully saturated rings. The summed E-state index contributed by atoms with van der Waals surface area (Å²) in [6.07, 6.45) is 5.93. The molecule has 4 nitrogen and oxygen atoms in total. The first-order valence-electron chi connectivity index (χ1n) is 7.70. The number of hydrogen-bond donors (Lipinski definition) is 1. The molecule has 2 aliphatic rings. The summed E-state index contributed by atoms with van der Waals surface area (Å²) in [5, 5.41) is 8.94. The average Bonchev–Trinajstić information content (AvgIpc) is 2.39. The van der Waals surface area contributed by atoms with E-state index in [1.54, 1.807) is 0 Å². The van der Waals surface area contributed by atoms with E-state index in [2.05, 4.69) is 22.8 Å². The van der Waals surface area contributed by atoms with Gasteiger partial charge in [-0.25, -0.2) is 0 Å². The van der Waals surface area contributed by atoms with E-state index in [0.717, 1.165) is 25.4 Å². The molecule has 0 aromatic heterocycles. The summed E-state index contributed by atoms with van der Waals surface area (Å²) in [7, 11) is 0. The number of nitriles is 1. The predicted molar refractivity (Wildman–Crippen MR) is 77.7 cm³/mol. The Morgan fingerprint density at radius 3 is 2.89 bits per heavy atom. The second-order valence-electron chi connectivity index (χ2n) is 6.62. The molecule has 0 aromatic carbocycles. The van der Waals surface area contributed by atoms with E-state index in [1.165, 1.54) is 38.9 Å². The van der Waals surface area contributed by atoms with E-state index in [0.29, 0.717) is 6.04 Å². The highest BCUT2D eigenvalue weighted by molar-refractivity contribution is 5.00. The Hall–Kier alpha value is -0.630. The number of hydrogen-bond acceptors (Lipinski definition) is 4. The highest BCUT2D eigenvalue weighted by Crippen LogP contribution is 2.24. The van der Waals surface area contributed by atoms with Gasteiger partial charge in [-0.15, -0.1) is 0 Å². The fourth-order valence-electron chi connectivity index (χ4n) is 3.43. The zero-order chi connectivity index (χ0) is 13.9. The summed E-state index contributed by atoms with van der Waals surface area (Å²) < 4.78 is 0. The van der Waals surface area contributed by atoms with Crippen LogP contribution in [-0.4, -0.2) is 53.6 Å². The molecule has 2 rings (SSSR count). The van der Waals surface area contributed by atoms with Crippen LogP contribution < -0.4 is 5.73 Å². The Kier molecular flexibility index (Phi) is 4.83. The fourth-order valence-corrected chi connectivity index (χ4v) is 3.43. The maximum atomic E-state index is 8.94. The Balaban J connectivity index is 1.79. The quantitative estimate of drug-likeness (QED) is 0.837. The molecule has 2 aliphatic heterocycles. The van der Waals surface area contributed by atoms with E-state index in [4.69, 9.17) is 11.0 Å². The number of rotatable bonds is 4. The normalized spacial score (nSPS) is 32.3. The van der Waals surface area contributed by atoms with Gasteiger partial charge in [-0.05, 0) is 52.6 Å². The molecular formula is C15H28N4. The Labute approximate surface area is 117 Å². The average molecular weight is 264 g/mol. The zero-order valence-electron chi connectivity index (χ0n) is 12.4. The third kappa shape index (κ3) is 3.92. The van der Waals surface area contributed by atoms with Gasteiger partial charge in [0, 0.05) is 25.2 Å². The van der Waals surface area contributed by atoms with Crippen molar-refractivity contribution in [1.82, 2.24) is 9.80 Å². The minimum absolute atomic E-state index is 0.639. The van der Waals surface area contributed by atoms with Gasteiger partial charge in [0.1, 0.15) is 5.54 Å². The number of piperazine rings is 1. The number of nitrogens with two attached hydrogens (primary N) is 1. The largest absolute Gasteiger partial charge is 0.314 e. The standard InChI is InChI=1S/C15H28N4/c1-13-10-19-8-4-3-6-14(19)11-18(13)9-5-7-15(2,17)12-16/h13-14H,3-11,17H2,1-2H3. The van der Waals surface area contributed by atoms with E-state index in [9.17, 15) is 0 Å². The van der Waals surface area contributed by atoms with Crippen LogP contribution in [0.4, 0.5) is 0 Å². The van der Waals surface area contributed by atoms with Gasteiger partial charge >= 0.3 is 0 Å². The van der Waals surface area contributed by atoms with Gasteiger partial charge in [-0.2, -0.15) is 5.26 Å². The van der Waals surface area contributed by atoms with Crippen molar-refractivity contribution in [2.75, 3.05) is 26.2 Å². The van der Waals surface area contributed by atoms with Crippen molar-refractivity contribution in [2.45, 2.75) is 63.6 Å². The van der Waals surface area contributed by atoms with Gasteiger partial charge in [-0.3, -0.25) is 9.80 Å². The molecule has 2 heterocycles. The molecule has 2 N–H and O–H groups in total. The summed E-state index contributed by atoms with van der Waals surface area (Å²) in [5.41, 5.74) is 5.23. The maximum absolute atomic E-state index is 8.94. The van der Waals surface area contributed by atoms with Crippen LogP contribution in [0.25, 0.3) is 0 Å². The topological polar surface area (TPSA) is 56.3 Å². The molecule has 108 valence electrons. The summed E-state index contributed by atoms with van der Waals surface area (Å²) in [4.78, 5) is 5.27. The van der Waals surface area contributed by atoms with Crippen LogP contribution in [-0.2, 0) is 0 Å². The minimum atomic E-state index is -0.657. The summed E-state index contributed by atoms with van der Waals surface area (Å²) in [6.45, 7) is 8.95. The van der Waals surface area contributed by atoms with Crippen molar-refractivity contribution < 1.29 is 0 Å². The second kappa shape index (κ2) is 6.21. The maximum Gasteiger partial charge on any atom is 0.101 e. The lowest BCUT2D eigenvalue weighted by Crippen LogP contribution is -2.58. The molecule has 0 aliphatic carbocycles. The predicted octanol–water partition coefficient (Wildman–Crippen LogP) is 1.57. The summed E-state index contributed by atoms with van der Waals surface area (Å²) in [6, 6.07) is 3.59. The highest BCUT2D eigenvalue weighted by Gasteiger charge is 2.32. The van der Waals surface area contributed by atoms with E-state index < -0.39 is 5.54 Å². The van der Waals surface area contributed by atoms with Crippen LogP contribution in [0.5, 0.6) is 0 Å².